The Kier molecular flexibility index (Phi) is 17.0. The van der Waals surface area contributed by atoms with Gasteiger partial charge in [-0.15, -0.1) is 0 Å². The van der Waals surface area contributed by atoms with Crippen LogP contribution in [-0.4, -0.2) is 12.6 Å². The van der Waals surface area contributed by atoms with Crippen molar-refractivity contribution in [3.63, 3.8) is 0 Å². The van der Waals surface area contributed by atoms with E-state index in [1.54, 1.807) is 0 Å². The van der Waals surface area contributed by atoms with Gasteiger partial charge in [-0.3, -0.25) is 0 Å². The third kappa shape index (κ3) is 16.0. The van der Waals surface area contributed by atoms with Crippen molar-refractivity contribution >= 4 is 0 Å². The summed E-state index contributed by atoms with van der Waals surface area (Å²) in [5.74, 6) is 0. The molecule has 1 atom stereocenters. The number of hydrogen-bond donors (Lipinski definition) is 1. The highest BCUT2D eigenvalue weighted by Crippen LogP contribution is 2.10. The first-order valence-corrected chi connectivity index (χ1v) is 9.54. The maximum atomic E-state index is 3.68. The van der Waals surface area contributed by atoms with Gasteiger partial charge in [0.25, 0.3) is 0 Å². The zero-order valence-electron chi connectivity index (χ0n) is 14.7. The van der Waals surface area contributed by atoms with E-state index < -0.39 is 0 Å². The number of hydrogen-bond acceptors (Lipinski definition) is 1. The van der Waals surface area contributed by atoms with Gasteiger partial charge < -0.3 is 5.32 Å². The van der Waals surface area contributed by atoms with E-state index in [1.807, 2.05) is 0 Å². The molecular formula is C19H41N. The monoisotopic (exact) mass is 283 g/mol. The Balaban J connectivity index is 3.11. The van der Waals surface area contributed by atoms with Crippen molar-refractivity contribution in [3.8, 4) is 0 Å². The van der Waals surface area contributed by atoms with E-state index in [1.165, 1.54) is 96.4 Å². The summed E-state index contributed by atoms with van der Waals surface area (Å²) >= 11 is 0. The lowest BCUT2D eigenvalue weighted by Crippen LogP contribution is -2.26. The maximum Gasteiger partial charge on any atom is 0.00387 e. The van der Waals surface area contributed by atoms with Crippen LogP contribution in [-0.2, 0) is 0 Å². The van der Waals surface area contributed by atoms with Crippen LogP contribution in [0.15, 0.2) is 0 Å². The lowest BCUT2D eigenvalue weighted by Gasteiger charge is -2.13. The van der Waals surface area contributed by atoms with Crippen molar-refractivity contribution in [3.05, 3.63) is 0 Å². The van der Waals surface area contributed by atoms with Crippen molar-refractivity contribution < 1.29 is 0 Å². The molecule has 0 fully saturated rings. The molecule has 0 rings (SSSR count). The van der Waals surface area contributed by atoms with E-state index in [4.69, 9.17) is 0 Å². The van der Waals surface area contributed by atoms with Crippen molar-refractivity contribution in [2.45, 2.75) is 117 Å². The lowest BCUT2D eigenvalue weighted by atomic mass is 10.1. The summed E-state index contributed by atoms with van der Waals surface area (Å²) in [5.41, 5.74) is 0. The van der Waals surface area contributed by atoms with E-state index in [2.05, 4.69) is 26.1 Å². The molecule has 0 aliphatic heterocycles. The number of unbranched alkanes of at least 4 members (excludes halogenated alkanes) is 11. The summed E-state index contributed by atoms with van der Waals surface area (Å²) in [5, 5.41) is 3.68. The molecule has 0 saturated carbocycles. The van der Waals surface area contributed by atoms with Gasteiger partial charge in [-0.1, -0.05) is 90.9 Å². The minimum absolute atomic E-state index is 0.723. The summed E-state index contributed by atoms with van der Waals surface area (Å²) in [4.78, 5) is 0. The zero-order valence-corrected chi connectivity index (χ0v) is 14.7. The fourth-order valence-electron chi connectivity index (χ4n) is 2.76. The standard InChI is InChI=1S/C19H41N/c1-4-6-8-10-12-13-15-17-19(3)20-18-16-14-11-9-7-5-2/h19-20H,4-18H2,1-3H3. The second-order valence-electron chi connectivity index (χ2n) is 6.53. The molecule has 0 radical (unpaired) electrons. The smallest absolute Gasteiger partial charge is 0.00387 e. The van der Waals surface area contributed by atoms with Crippen LogP contribution in [0.3, 0.4) is 0 Å². The van der Waals surface area contributed by atoms with E-state index in [0.717, 1.165) is 6.04 Å². The predicted octanol–water partition coefficient (Wildman–Crippen LogP) is 6.47. The van der Waals surface area contributed by atoms with Crippen LogP contribution in [0.5, 0.6) is 0 Å². The Morgan fingerprint density at radius 2 is 1.05 bits per heavy atom. The molecule has 0 aromatic carbocycles. The van der Waals surface area contributed by atoms with Gasteiger partial charge in [0.15, 0.2) is 0 Å². The quantitative estimate of drug-likeness (QED) is 0.320. The molecule has 1 nitrogen and oxygen atoms in total. The first-order chi connectivity index (χ1) is 9.81. The highest BCUT2D eigenvalue weighted by atomic mass is 14.9. The number of rotatable bonds is 16. The minimum Gasteiger partial charge on any atom is -0.314 e. The van der Waals surface area contributed by atoms with Gasteiger partial charge in [-0.2, -0.15) is 0 Å². The van der Waals surface area contributed by atoms with Crippen LogP contribution in [0.4, 0.5) is 0 Å². The van der Waals surface area contributed by atoms with Crippen molar-refractivity contribution in [1.82, 2.24) is 5.32 Å². The molecule has 1 N–H and O–H groups in total. The summed E-state index contributed by atoms with van der Waals surface area (Å²) in [7, 11) is 0. The van der Waals surface area contributed by atoms with Crippen molar-refractivity contribution in [1.29, 1.82) is 0 Å². The Labute approximate surface area is 129 Å². The first-order valence-electron chi connectivity index (χ1n) is 9.54. The molecule has 1 unspecified atom stereocenters. The normalized spacial score (nSPS) is 12.8. The molecule has 0 amide bonds. The lowest BCUT2D eigenvalue weighted by molar-refractivity contribution is 0.465. The van der Waals surface area contributed by atoms with Crippen LogP contribution in [0.2, 0.25) is 0 Å². The van der Waals surface area contributed by atoms with Crippen LogP contribution in [0.25, 0.3) is 0 Å². The molecule has 0 heterocycles. The molecular weight excluding hydrogens is 242 g/mol. The molecule has 0 aliphatic carbocycles. The Hall–Kier alpha value is -0.0400. The number of nitrogens with one attached hydrogen (secondary N) is 1. The average molecular weight is 284 g/mol. The molecule has 0 aromatic heterocycles. The van der Waals surface area contributed by atoms with E-state index >= 15 is 0 Å². The van der Waals surface area contributed by atoms with Crippen LogP contribution >= 0.6 is 0 Å². The largest absolute Gasteiger partial charge is 0.314 e. The Bertz CT molecular complexity index is 149. The summed E-state index contributed by atoms with van der Waals surface area (Å²) in [6.45, 7) is 8.15. The Morgan fingerprint density at radius 3 is 1.60 bits per heavy atom. The average Bonchev–Trinajstić information content (AvgIpc) is 2.45. The van der Waals surface area contributed by atoms with Gasteiger partial charge in [0.05, 0.1) is 0 Å². The molecule has 1 heteroatoms. The SMILES string of the molecule is CCCCCCCCCC(C)NCCCCCCCC. The topological polar surface area (TPSA) is 12.0 Å². The van der Waals surface area contributed by atoms with Gasteiger partial charge in [-0.05, 0) is 26.3 Å². The fourth-order valence-corrected chi connectivity index (χ4v) is 2.76. The first kappa shape index (κ1) is 20.0. The maximum absolute atomic E-state index is 3.68. The molecule has 20 heavy (non-hydrogen) atoms. The second kappa shape index (κ2) is 17.0. The van der Waals surface area contributed by atoms with Crippen LogP contribution in [0, 0.1) is 0 Å². The van der Waals surface area contributed by atoms with E-state index in [0.29, 0.717) is 0 Å². The molecule has 0 saturated heterocycles. The third-order valence-corrected chi connectivity index (χ3v) is 4.26. The van der Waals surface area contributed by atoms with Gasteiger partial charge in [0.1, 0.15) is 0 Å². The predicted molar refractivity (Wildman–Crippen MR) is 93.5 cm³/mol. The highest BCUT2D eigenvalue weighted by Gasteiger charge is 2.00. The van der Waals surface area contributed by atoms with Crippen LogP contribution < -0.4 is 5.32 Å². The summed E-state index contributed by atoms with van der Waals surface area (Å²) < 4.78 is 0. The van der Waals surface area contributed by atoms with Gasteiger partial charge in [-0.25, -0.2) is 0 Å². The minimum atomic E-state index is 0.723. The fraction of sp³-hybridized carbons (Fsp3) is 1.00. The van der Waals surface area contributed by atoms with Crippen LogP contribution in [0.1, 0.15) is 111 Å². The van der Waals surface area contributed by atoms with Gasteiger partial charge in [0.2, 0.25) is 0 Å². The molecule has 0 spiro atoms. The highest BCUT2D eigenvalue weighted by molar-refractivity contribution is 4.61. The molecule has 122 valence electrons. The third-order valence-electron chi connectivity index (χ3n) is 4.26. The molecule has 0 bridgehead atoms. The summed E-state index contributed by atoms with van der Waals surface area (Å²) in [6, 6.07) is 0.723. The zero-order chi connectivity index (χ0) is 14.9. The van der Waals surface area contributed by atoms with Gasteiger partial charge >= 0.3 is 0 Å². The Morgan fingerprint density at radius 1 is 0.600 bits per heavy atom. The van der Waals surface area contributed by atoms with Crippen molar-refractivity contribution in [2.75, 3.05) is 6.54 Å². The second-order valence-corrected chi connectivity index (χ2v) is 6.53. The molecule has 0 aromatic rings. The summed E-state index contributed by atoms with van der Waals surface area (Å²) in [6.07, 6.45) is 19.8. The molecule has 0 aliphatic rings. The van der Waals surface area contributed by atoms with Gasteiger partial charge in [0, 0.05) is 6.04 Å². The van der Waals surface area contributed by atoms with E-state index in [-0.39, 0.29) is 0 Å². The van der Waals surface area contributed by atoms with E-state index in [9.17, 15) is 0 Å². The van der Waals surface area contributed by atoms with Crippen molar-refractivity contribution in [2.24, 2.45) is 0 Å².